The van der Waals surface area contributed by atoms with Crippen LogP contribution in [0.2, 0.25) is 5.02 Å². The van der Waals surface area contributed by atoms with Crippen molar-refractivity contribution in [2.45, 2.75) is 0 Å². The summed E-state index contributed by atoms with van der Waals surface area (Å²) in [6, 6.07) is 16.0. The number of amides is 2. The standard InChI is InChI=1S/C21H13ClN2O5/c22-14-4-6-15(7-5-14)24-20(26)17(19(25)23-24)11-16-8-9-18(29-16)12-2-1-3-13(10-12)21(27)28/h1-11H,(H,23,25)(H,27,28)/b17-11+. The maximum absolute atomic E-state index is 12.6. The third-order valence-corrected chi connectivity index (χ3v) is 4.54. The SMILES string of the molecule is O=C1NN(c2ccc(Cl)cc2)C(=O)/C1=C/c1ccc(-c2cccc(C(=O)O)c2)o1. The first-order valence-electron chi connectivity index (χ1n) is 8.48. The Balaban J connectivity index is 1.61. The van der Waals surface area contributed by atoms with E-state index >= 15 is 0 Å². The number of nitrogens with one attached hydrogen (secondary N) is 1. The second-order valence-electron chi connectivity index (χ2n) is 6.20. The van der Waals surface area contributed by atoms with Gasteiger partial charge in [-0.3, -0.25) is 15.0 Å². The predicted octanol–water partition coefficient (Wildman–Crippen LogP) is 3.76. The molecule has 0 radical (unpaired) electrons. The molecule has 0 saturated carbocycles. The summed E-state index contributed by atoms with van der Waals surface area (Å²) in [6.07, 6.45) is 1.35. The molecule has 4 rings (SSSR count). The van der Waals surface area contributed by atoms with Crippen LogP contribution in [0.1, 0.15) is 16.1 Å². The summed E-state index contributed by atoms with van der Waals surface area (Å²) in [5.74, 6) is -1.42. The number of aromatic carboxylic acids is 1. The van der Waals surface area contributed by atoms with Gasteiger partial charge >= 0.3 is 5.97 Å². The zero-order chi connectivity index (χ0) is 20.5. The topological polar surface area (TPSA) is 99.9 Å². The Labute approximate surface area is 169 Å². The number of furan rings is 1. The minimum absolute atomic E-state index is 0.0832. The molecule has 0 aliphatic carbocycles. The summed E-state index contributed by atoms with van der Waals surface area (Å²) in [5, 5.41) is 10.8. The van der Waals surface area contributed by atoms with Crippen molar-refractivity contribution in [3.8, 4) is 11.3 Å². The molecule has 0 bridgehead atoms. The number of anilines is 1. The smallest absolute Gasteiger partial charge is 0.335 e. The highest BCUT2D eigenvalue weighted by atomic mass is 35.5. The molecule has 2 amide bonds. The van der Waals surface area contributed by atoms with E-state index in [2.05, 4.69) is 5.43 Å². The molecule has 1 aliphatic heterocycles. The number of carboxylic acids is 1. The van der Waals surface area contributed by atoms with Crippen molar-refractivity contribution in [1.29, 1.82) is 0 Å². The van der Waals surface area contributed by atoms with Gasteiger partial charge in [0.05, 0.1) is 11.3 Å². The molecule has 3 aromatic rings. The summed E-state index contributed by atoms with van der Waals surface area (Å²) < 4.78 is 5.68. The van der Waals surface area contributed by atoms with Gasteiger partial charge < -0.3 is 9.52 Å². The van der Waals surface area contributed by atoms with Crippen molar-refractivity contribution in [2.75, 3.05) is 5.01 Å². The van der Waals surface area contributed by atoms with E-state index in [1.165, 1.54) is 18.2 Å². The minimum Gasteiger partial charge on any atom is -0.478 e. The molecule has 1 fully saturated rings. The molecule has 7 nitrogen and oxygen atoms in total. The third kappa shape index (κ3) is 3.63. The molecule has 1 saturated heterocycles. The predicted molar refractivity (Wildman–Crippen MR) is 106 cm³/mol. The van der Waals surface area contributed by atoms with E-state index in [1.807, 2.05) is 0 Å². The van der Waals surface area contributed by atoms with Crippen LogP contribution in [0.4, 0.5) is 5.69 Å². The molecule has 144 valence electrons. The maximum Gasteiger partial charge on any atom is 0.335 e. The number of hydrogen-bond donors (Lipinski definition) is 2. The van der Waals surface area contributed by atoms with Gasteiger partial charge in [-0.2, -0.15) is 0 Å². The van der Waals surface area contributed by atoms with Crippen LogP contribution >= 0.6 is 11.6 Å². The van der Waals surface area contributed by atoms with Crippen molar-refractivity contribution >= 4 is 41.1 Å². The van der Waals surface area contributed by atoms with Crippen LogP contribution in [0, 0.1) is 0 Å². The Hall–Kier alpha value is -3.84. The molecule has 2 aromatic carbocycles. The van der Waals surface area contributed by atoms with Crippen LogP contribution in [0.25, 0.3) is 17.4 Å². The lowest BCUT2D eigenvalue weighted by Crippen LogP contribution is -2.35. The molecule has 29 heavy (non-hydrogen) atoms. The number of halogens is 1. The average Bonchev–Trinajstić information content (AvgIpc) is 3.29. The molecule has 1 aromatic heterocycles. The van der Waals surface area contributed by atoms with Crippen LogP contribution in [-0.4, -0.2) is 22.9 Å². The van der Waals surface area contributed by atoms with Crippen molar-refractivity contribution in [2.24, 2.45) is 0 Å². The largest absolute Gasteiger partial charge is 0.478 e. The van der Waals surface area contributed by atoms with Gasteiger partial charge in [-0.15, -0.1) is 0 Å². The Morgan fingerprint density at radius 1 is 1.07 bits per heavy atom. The average molecular weight is 409 g/mol. The molecule has 0 unspecified atom stereocenters. The molecule has 0 atom stereocenters. The molecular formula is C21H13ClN2O5. The highest BCUT2D eigenvalue weighted by Gasteiger charge is 2.34. The van der Waals surface area contributed by atoms with Crippen molar-refractivity contribution < 1.29 is 23.9 Å². The van der Waals surface area contributed by atoms with E-state index in [-0.39, 0.29) is 16.9 Å². The van der Waals surface area contributed by atoms with Crippen molar-refractivity contribution in [1.82, 2.24) is 5.43 Å². The molecule has 0 spiro atoms. The first-order chi connectivity index (χ1) is 13.9. The lowest BCUT2D eigenvalue weighted by molar-refractivity contribution is -0.117. The fourth-order valence-electron chi connectivity index (χ4n) is 2.86. The molecule has 8 heteroatoms. The van der Waals surface area contributed by atoms with Gasteiger partial charge in [-0.05, 0) is 54.6 Å². The Morgan fingerprint density at radius 3 is 2.55 bits per heavy atom. The Bertz CT molecular complexity index is 1160. The number of carboxylic acid groups (broad SMARTS) is 1. The second-order valence-corrected chi connectivity index (χ2v) is 6.64. The summed E-state index contributed by atoms with van der Waals surface area (Å²) >= 11 is 5.85. The summed E-state index contributed by atoms with van der Waals surface area (Å²) in [6.45, 7) is 0. The number of carbonyl (C=O) groups is 3. The van der Waals surface area contributed by atoms with Crippen LogP contribution < -0.4 is 10.4 Å². The van der Waals surface area contributed by atoms with E-state index < -0.39 is 17.8 Å². The van der Waals surface area contributed by atoms with E-state index in [0.717, 1.165) is 5.01 Å². The van der Waals surface area contributed by atoms with Gasteiger partial charge in [0.25, 0.3) is 11.8 Å². The first kappa shape index (κ1) is 18.5. The highest BCUT2D eigenvalue weighted by Crippen LogP contribution is 2.27. The highest BCUT2D eigenvalue weighted by molar-refractivity contribution is 6.32. The molecule has 2 N–H and O–H groups in total. The van der Waals surface area contributed by atoms with Gasteiger partial charge in [-0.1, -0.05) is 23.7 Å². The van der Waals surface area contributed by atoms with E-state index in [0.29, 0.717) is 22.0 Å². The van der Waals surface area contributed by atoms with Crippen molar-refractivity contribution in [3.05, 3.63) is 82.6 Å². The van der Waals surface area contributed by atoms with Gasteiger partial charge in [0.15, 0.2) is 0 Å². The van der Waals surface area contributed by atoms with Crippen LogP contribution in [-0.2, 0) is 9.59 Å². The first-order valence-corrected chi connectivity index (χ1v) is 8.86. The zero-order valence-corrected chi connectivity index (χ0v) is 15.5. The zero-order valence-electron chi connectivity index (χ0n) is 14.8. The minimum atomic E-state index is -1.05. The van der Waals surface area contributed by atoms with E-state index in [4.69, 9.17) is 21.1 Å². The lowest BCUT2D eigenvalue weighted by Gasteiger charge is -2.14. The number of hydrazine groups is 1. The number of hydrogen-bond acceptors (Lipinski definition) is 4. The van der Waals surface area contributed by atoms with Gasteiger partial charge in [0, 0.05) is 10.6 Å². The quantitative estimate of drug-likeness (QED) is 0.505. The molecular weight excluding hydrogens is 396 g/mol. The lowest BCUT2D eigenvalue weighted by atomic mass is 10.1. The Morgan fingerprint density at radius 2 is 1.83 bits per heavy atom. The normalized spacial score (nSPS) is 15.1. The van der Waals surface area contributed by atoms with Crippen LogP contribution in [0.3, 0.4) is 0 Å². The third-order valence-electron chi connectivity index (χ3n) is 4.28. The summed E-state index contributed by atoms with van der Waals surface area (Å²) in [7, 11) is 0. The monoisotopic (exact) mass is 408 g/mol. The number of benzene rings is 2. The van der Waals surface area contributed by atoms with E-state index in [9.17, 15) is 14.4 Å². The van der Waals surface area contributed by atoms with Gasteiger partial charge in [0.1, 0.15) is 17.1 Å². The summed E-state index contributed by atoms with van der Waals surface area (Å²) in [5.41, 5.74) is 3.58. The van der Waals surface area contributed by atoms with Crippen molar-refractivity contribution in [3.63, 3.8) is 0 Å². The fourth-order valence-corrected chi connectivity index (χ4v) is 2.99. The van der Waals surface area contributed by atoms with Crippen LogP contribution in [0.15, 0.2) is 70.7 Å². The second kappa shape index (κ2) is 7.29. The Kier molecular flexibility index (Phi) is 4.66. The maximum atomic E-state index is 12.6. The molecule has 1 aliphatic rings. The van der Waals surface area contributed by atoms with E-state index in [1.54, 1.807) is 48.5 Å². The van der Waals surface area contributed by atoms with Gasteiger partial charge in [-0.25, -0.2) is 9.80 Å². The van der Waals surface area contributed by atoms with Gasteiger partial charge in [0.2, 0.25) is 0 Å². The number of carbonyl (C=O) groups excluding carboxylic acids is 2. The van der Waals surface area contributed by atoms with Crippen LogP contribution in [0.5, 0.6) is 0 Å². The summed E-state index contributed by atoms with van der Waals surface area (Å²) in [4.78, 5) is 36.0. The number of rotatable bonds is 4. The number of nitrogens with zero attached hydrogens (tertiary/aromatic N) is 1. The fraction of sp³-hybridized carbons (Fsp3) is 0. The molecule has 2 heterocycles.